The Morgan fingerprint density at radius 3 is 2.67 bits per heavy atom. The lowest BCUT2D eigenvalue weighted by molar-refractivity contribution is -0.139. The summed E-state index contributed by atoms with van der Waals surface area (Å²) in [5.41, 5.74) is 10.3. The zero-order chi connectivity index (χ0) is 10.4. The highest BCUT2D eigenvalue weighted by Crippen LogP contribution is 1.87. The number of hydrogen-bond donors (Lipinski definition) is 4. The number of aliphatic carboxylic acids is 1. The van der Waals surface area contributed by atoms with Gasteiger partial charge in [-0.15, -0.1) is 0 Å². The highest BCUT2D eigenvalue weighted by Gasteiger charge is 2.15. The molecule has 6 heteroatoms. The number of rotatable bonds is 5. The predicted octanol–water partition coefficient (Wildman–Crippen LogP) is -2.14. The first-order valence-electron chi connectivity index (χ1n) is 3.95. The maximum atomic E-state index is 11.0. The minimum absolute atomic E-state index is 0.0362. The van der Waals surface area contributed by atoms with Crippen LogP contribution in [0, 0.1) is 0 Å². The van der Waals surface area contributed by atoms with Gasteiger partial charge in [-0.3, -0.25) is 9.59 Å². The van der Waals surface area contributed by atoms with Crippen LogP contribution in [0.3, 0.4) is 0 Å². The van der Waals surface area contributed by atoms with Gasteiger partial charge in [0.1, 0.15) is 0 Å². The van der Waals surface area contributed by atoms with Crippen LogP contribution in [0.25, 0.3) is 0 Å². The van der Waals surface area contributed by atoms with E-state index in [2.05, 4.69) is 5.32 Å². The molecule has 0 rings (SSSR count). The lowest BCUT2D eigenvalue weighted by atomic mass is 10.2. The Kier molecular flexibility index (Phi) is 4.11. The van der Waals surface area contributed by atoms with Gasteiger partial charge in [0, 0.05) is 13.1 Å². The number of nitrogens with two attached hydrogens (primary N) is 2. The molecule has 0 aromatic carbocycles. The van der Waals surface area contributed by atoms with E-state index in [-0.39, 0.29) is 6.54 Å². The van der Waals surface area contributed by atoms with Crippen LogP contribution in [0.2, 0.25) is 0 Å². The number of nitrogens with one attached hydrogen (secondary N) is 1. The van der Waals surface area contributed by atoms with Gasteiger partial charge >= 0.3 is 5.97 Å². The second-order valence-corrected chi connectivity index (χ2v) is 2.15. The first-order chi connectivity index (χ1) is 5.97. The molecule has 0 radical (unpaired) electrons. The van der Waals surface area contributed by atoms with Gasteiger partial charge in [-0.25, -0.2) is 0 Å². The molecule has 0 saturated heterocycles. The Morgan fingerprint density at radius 1 is 1.67 bits per heavy atom. The largest absolute Gasteiger partial charge is 0.481 e. The van der Waals surface area contributed by atoms with E-state index in [4.69, 9.17) is 17.9 Å². The SMILES string of the molecule is [2H]C(CN)NC(=O)[C@@H](N)CC(=O)O. The summed E-state index contributed by atoms with van der Waals surface area (Å²) in [6.07, 6.45) is -0.455. The summed E-state index contributed by atoms with van der Waals surface area (Å²) in [5.74, 6) is -1.83. The summed E-state index contributed by atoms with van der Waals surface area (Å²) in [5, 5.41) is 10.4. The molecule has 0 aliphatic rings. The average molecular weight is 176 g/mol. The number of carboxylic acid groups (broad SMARTS) is 1. The van der Waals surface area contributed by atoms with Crippen molar-refractivity contribution in [3.63, 3.8) is 0 Å². The van der Waals surface area contributed by atoms with Crippen molar-refractivity contribution in [1.29, 1.82) is 0 Å². The van der Waals surface area contributed by atoms with Crippen molar-refractivity contribution in [3.8, 4) is 0 Å². The van der Waals surface area contributed by atoms with E-state index in [1.165, 1.54) is 0 Å². The molecule has 0 aliphatic heterocycles. The van der Waals surface area contributed by atoms with Gasteiger partial charge in [-0.1, -0.05) is 0 Å². The molecule has 0 fully saturated rings. The monoisotopic (exact) mass is 176 g/mol. The van der Waals surface area contributed by atoms with Gasteiger partial charge in [0.05, 0.1) is 13.8 Å². The van der Waals surface area contributed by atoms with Crippen LogP contribution in [0.4, 0.5) is 0 Å². The third-order valence-electron chi connectivity index (χ3n) is 1.09. The summed E-state index contributed by atoms with van der Waals surface area (Å²) >= 11 is 0. The van der Waals surface area contributed by atoms with Crippen LogP contribution >= 0.6 is 0 Å². The smallest absolute Gasteiger partial charge is 0.305 e. The average Bonchev–Trinajstić information content (AvgIpc) is 2.02. The van der Waals surface area contributed by atoms with Gasteiger partial charge in [0.15, 0.2) is 0 Å². The lowest BCUT2D eigenvalue weighted by Gasteiger charge is -2.08. The molecule has 0 aliphatic carbocycles. The van der Waals surface area contributed by atoms with Crippen LogP contribution in [-0.4, -0.2) is 36.1 Å². The molecule has 12 heavy (non-hydrogen) atoms. The van der Waals surface area contributed by atoms with Crippen LogP contribution < -0.4 is 16.8 Å². The minimum Gasteiger partial charge on any atom is -0.481 e. The quantitative estimate of drug-likeness (QED) is 0.381. The van der Waals surface area contributed by atoms with Gasteiger partial charge in [-0.05, 0) is 0 Å². The molecule has 1 amide bonds. The predicted molar refractivity (Wildman–Crippen MR) is 42.3 cm³/mol. The Bertz CT molecular complexity index is 200. The van der Waals surface area contributed by atoms with E-state index in [9.17, 15) is 9.59 Å². The molecule has 70 valence electrons. The van der Waals surface area contributed by atoms with Crippen LogP contribution in [-0.2, 0) is 9.59 Å². The molecule has 0 aromatic rings. The van der Waals surface area contributed by atoms with Crippen LogP contribution in [0.5, 0.6) is 0 Å². The molecule has 0 spiro atoms. The third kappa shape index (κ3) is 4.64. The third-order valence-corrected chi connectivity index (χ3v) is 1.09. The minimum atomic E-state index is -1.16. The first-order valence-corrected chi connectivity index (χ1v) is 3.37. The fraction of sp³-hybridized carbons (Fsp3) is 0.667. The highest BCUT2D eigenvalue weighted by molar-refractivity contribution is 5.85. The van der Waals surface area contributed by atoms with Crippen molar-refractivity contribution in [2.75, 3.05) is 13.1 Å². The van der Waals surface area contributed by atoms with Gasteiger partial charge in [0.2, 0.25) is 5.91 Å². The van der Waals surface area contributed by atoms with E-state index in [1.807, 2.05) is 0 Å². The lowest BCUT2D eigenvalue weighted by Crippen LogP contribution is -2.43. The summed E-state index contributed by atoms with van der Waals surface area (Å²) in [7, 11) is 0. The van der Waals surface area contributed by atoms with E-state index in [0.29, 0.717) is 0 Å². The van der Waals surface area contributed by atoms with Crippen LogP contribution in [0.15, 0.2) is 0 Å². The van der Waals surface area contributed by atoms with E-state index in [1.54, 1.807) is 0 Å². The van der Waals surface area contributed by atoms with Crippen LogP contribution in [0.1, 0.15) is 7.79 Å². The molecule has 1 unspecified atom stereocenters. The van der Waals surface area contributed by atoms with Crippen molar-refractivity contribution in [2.45, 2.75) is 12.5 Å². The van der Waals surface area contributed by atoms with Gasteiger partial charge < -0.3 is 21.9 Å². The molecule has 0 aromatic heterocycles. The Morgan fingerprint density at radius 2 is 2.25 bits per heavy atom. The van der Waals surface area contributed by atoms with Crippen molar-refractivity contribution in [3.05, 3.63) is 0 Å². The maximum absolute atomic E-state index is 11.0. The van der Waals surface area contributed by atoms with E-state index in [0.717, 1.165) is 0 Å². The number of amides is 1. The van der Waals surface area contributed by atoms with Crippen molar-refractivity contribution in [2.24, 2.45) is 11.5 Å². The summed E-state index contributed by atoms with van der Waals surface area (Å²) in [4.78, 5) is 21.1. The van der Waals surface area contributed by atoms with Crippen molar-refractivity contribution >= 4 is 11.9 Å². The number of carbonyl (C=O) groups excluding carboxylic acids is 1. The Labute approximate surface area is 71.3 Å². The molecule has 6 N–H and O–H groups in total. The van der Waals surface area contributed by atoms with Crippen molar-refractivity contribution < 1.29 is 16.1 Å². The summed E-state index contributed by atoms with van der Waals surface area (Å²) in [6.45, 7) is -0.974. The normalized spacial score (nSPS) is 16.0. The van der Waals surface area contributed by atoms with Crippen molar-refractivity contribution in [1.82, 2.24) is 5.32 Å². The second kappa shape index (κ2) is 5.50. The van der Waals surface area contributed by atoms with E-state index < -0.39 is 30.9 Å². The molecular weight excluding hydrogens is 162 g/mol. The fourth-order valence-electron chi connectivity index (χ4n) is 0.547. The van der Waals surface area contributed by atoms with E-state index >= 15 is 0 Å². The topological polar surface area (TPSA) is 118 Å². The number of carboxylic acids is 1. The number of carbonyl (C=O) groups is 2. The summed E-state index contributed by atoms with van der Waals surface area (Å²) in [6, 6.07) is -1.13. The van der Waals surface area contributed by atoms with Gasteiger partial charge in [-0.2, -0.15) is 0 Å². The highest BCUT2D eigenvalue weighted by atomic mass is 16.4. The Balaban J connectivity index is 3.89. The zero-order valence-corrected chi connectivity index (χ0v) is 6.49. The van der Waals surface area contributed by atoms with Gasteiger partial charge in [0.25, 0.3) is 0 Å². The molecule has 0 heterocycles. The number of hydrogen-bond acceptors (Lipinski definition) is 4. The summed E-state index contributed by atoms with van der Waals surface area (Å²) < 4.78 is 7.07. The zero-order valence-electron chi connectivity index (χ0n) is 7.49. The molecule has 2 atom stereocenters. The standard InChI is InChI=1S/C6H13N3O3/c7-1-2-9-6(12)4(8)3-5(10)11/h4H,1-3,7-8H2,(H,9,12)(H,10,11)/t4-/m0/s1/i2D/t2?,4-. The molecule has 0 bridgehead atoms. The molecular formula is C6H13N3O3. The fourth-order valence-corrected chi connectivity index (χ4v) is 0.547. The second-order valence-electron chi connectivity index (χ2n) is 2.15. The molecule has 0 saturated carbocycles. The Hall–Kier alpha value is -1.14. The maximum Gasteiger partial charge on any atom is 0.305 e. The molecule has 6 nitrogen and oxygen atoms in total. The first kappa shape index (κ1) is 8.95.